The monoisotopic (exact) mass is 311 g/mol. The predicted molar refractivity (Wildman–Crippen MR) is 89.5 cm³/mol. The molecule has 3 rings (SSSR count). The molecule has 5 nitrogen and oxygen atoms in total. The van der Waals surface area contributed by atoms with Gasteiger partial charge in [0.25, 0.3) is 0 Å². The number of hydrogen-bond donors (Lipinski definition) is 2. The Morgan fingerprint density at radius 2 is 2.00 bits per heavy atom. The van der Waals surface area contributed by atoms with Crippen LogP contribution in [0.1, 0.15) is 23.0 Å². The van der Waals surface area contributed by atoms with Gasteiger partial charge < -0.3 is 10.4 Å². The molecule has 0 bridgehead atoms. The van der Waals surface area contributed by atoms with Gasteiger partial charge in [-0.05, 0) is 23.6 Å². The van der Waals surface area contributed by atoms with Gasteiger partial charge in [-0.25, -0.2) is 9.78 Å². The van der Waals surface area contributed by atoms with Crippen LogP contribution in [0.2, 0.25) is 0 Å². The van der Waals surface area contributed by atoms with E-state index in [1.54, 1.807) is 6.07 Å². The van der Waals surface area contributed by atoms with Crippen molar-refractivity contribution in [3.63, 3.8) is 0 Å². The van der Waals surface area contributed by atoms with Crippen LogP contribution in [0.15, 0.2) is 48.5 Å². The summed E-state index contributed by atoms with van der Waals surface area (Å²) in [4.78, 5) is 17.6. The van der Waals surface area contributed by atoms with E-state index in [2.05, 4.69) is 46.4 Å². The summed E-state index contributed by atoms with van der Waals surface area (Å²) in [7, 11) is 0. The topological polar surface area (TPSA) is 65.5 Å². The normalized spacial score (nSPS) is 21.3. The highest BCUT2D eigenvalue weighted by Crippen LogP contribution is 2.22. The maximum absolute atomic E-state index is 11.0. The second-order valence-corrected chi connectivity index (χ2v) is 6.12. The number of rotatable bonds is 5. The standard InChI is InChI=1S/C18H21N3O2/c1-13-10-21(11-14-6-3-2-4-7-14)12-16(13)20-17-9-5-8-15(19-17)18(22)23/h2-9,13,16H,10-12H2,1H3,(H,19,20)(H,22,23). The van der Waals surface area contributed by atoms with Gasteiger partial charge >= 0.3 is 5.97 Å². The number of benzene rings is 1. The van der Waals surface area contributed by atoms with Gasteiger partial charge in [0.05, 0.1) is 0 Å². The highest BCUT2D eigenvalue weighted by molar-refractivity contribution is 5.85. The Hall–Kier alpha value is -2.40. The molecule has 1 aliphatic rings. The molecule has 1 aliphatic heterocycles. The average Bonchev–Trinajstić information content (AvgIpc) is 2.88. The zero-order valence-electron chi connectivity index (χ0n) is 13.1. The summed E-state index contributed by atoms with van der Waals surface area (Å²) in [5, 5.41) is 12.4. The van der Waals surface area contributed by atoms with Gasteiger partial charge in [0, 0.05) is 25.7 Å². The van der Waals surface area contributed by atoms with Gasteiger partial charge in [0.15, 0.2) is 5.69 Å². The van der Waals surface area contributed by atoms with E-state index < -0.39 is 5.97 Å². The Morgan fingerprint density at radius 1 is 1.22 bits per heavy atom. The number of pyridine rings is 1. The minimum Gasteiger partial charge on any atom is -0.477 e. The largest absolute Gasteiger partial charge is 0.477 e. The first-order chi connectivity index (χ1) is 11.1. The smallest absolute Gasteiger partial charge is 0.354 e. The minimum atomic E-state index is -1.00. The van der Waals surface area contributed by atoms with Gasteiger partial charge in [-0.2, -0.15) is 0 Å². The molecule has 1 fully saturated rings. The molecule has 0 saturated carbocycles. The number of likely N-dealkylation sites (tertiary alicyclic amines) is 1. The van der Waals surface area contributed by atoms with E-state index in [9.17, 15) is 4.79 Å². The second-order valence-electron chi connectivity index (χ2n) is 6.12. The van der Waals surface area contributed by atoms with Crippen LogP contribution in [0.3, 0.4) is 0 Å². The third-order valence-electron chi connectivity index (χ3n) is 4.24. The number of anilines is 1. The van der Waals surface area contributed by atoms with Gasteiger partial charge in [-0.15, -0.1) is 0 Å². The van der Waals surface area contributed by atoms with Gasteiger partial charge in [0.2, 0.25) is 0 Å². The summed E-state index contributed by atoms with van der Waals surface area (Å²) in [5.74, 6) is 0.108. The van der Waals surface area contributed by atoms with Crippen LogP contribution in [0.4, 0.5) is 5.82 Å². The van der Waals surface area contributed by atoms with Gasteiger partial charge in [-0.1, -0.05) is 43.3 Å². The molecule has 0 radical (unpaired) electrons. The SMILES string of the molecule is CC1CN(Cc2ccccc2)CC1Nc1cccc(C(=O)O)n1. The summed E-state index contributed by atoms with van der Waals surface area (Å²) in [6, 6.07) is 15.8. The number of nitrogens with zero attached hydrogens (tertiary/aromatic N) is 2. The lowest BCUT2D eigenvalue weighted by Gasteiger charge is -2.18. The molecule has 1 aromatic carbocycles. The zero-order valence-corrected chi connectivity index (χ0v) is 13.1. The highest BCUT2D eigenvalue weighted by atomic mass is 16.4. The molecule has 2 heterocycles. The van der Waals surface area contributed by atoms with Crippen molar-refractivity contribution in [3.05, 3.63) is 59.8 Å². The van der Waals surface area contributed by atoms with E-state index in [1.165, 1.54) is 11.6 Å². The maximum Gasteiger partial charge on any atom is 0.354 e. The number of aromatic carboxylic acids is 1. The number of aromatic nitrogens is 1. The number of carbonyl (C=O) groups is 1. The molecule has 2 atom stereocenters. The summed E-state index contributed by atoms with van der Waals surface area (Å²) in [5.41, 5.74) is 1.38. The van der Waals surface area contributed by atoms with Crippen LogP contribution >= 0.6 is 0 Å². The molecular formula is C18H21N3O2. The molecule has 120 valence electrons. The fraction of sp³-hybridized carbons (Fsp3) is 0.333. The van der Waals surface area contributed by atoms with Crippen LogP contribution in [0.5, 0.6) is 0 Å². The van der Waals surface area contributed by atoms with Crippen LogP contribution in [-0.4, -0.2) is 40.1 Å². The first kappa shape index (κ1) is 15.5. The molecule has 2 unspecified atom stereocenters. The van der Waals surface area contributed by atoms with E-state index in [1.807, 2.05) is 12.1 Å². The van der Waals surface area contributed by atoms with Gasteiger partial charge in [0.1, 0.15) is 5.82 Å². The molecule has 0 spiro atoms. The Bertz CT molecular complexity index is 675. The third-order valence-corrected chi connectivity index (χ3v) is 4.24. The van der Waals surface area contributed by atoms with Crippen molar-refractivity contribution in [2.45, 2.75) is 19.5 Å². The Kier molecular flexibility index (Phi) is 4.57. The van der Waals surface area contributed by atoms with E-state index in [0.717, 1.165) is 19.6 Å². The van der Waals surface area contributed by atoms with Crippen LogP contribution < -0.4 is 5.32 Å². The minimum absolute atomic E-state index is 0.0711. The fourth-order valence-corrected chi connectivity index (χ4v) is 3.05. The second kappa shape index (κ2) is 6.79. The summed E-state index contributed by atoms with van der Waals surface area (Å²) in [6.07, 6.45) is 0. The van der Waals surface area contributed by atoms with Crippen molar-refractivity contribution in [2.24, 2.45) is 5.92 Å². The van der Waals surface area contributed by atoms with Crippen molar-refractivity contribution in [1.29, 1.82) is 0 Å². The zero-order chi connectivity index (χ0) is 16.2. The van der Waals surface area contributed by atoms with Crippen LogP contribution in [0, 0.1) is 5.92 Å². The van der Waals surface area contributed by atoms with Crippen molar-refractivity contribution < 1.29 is 9.90 Å². The van der Waals surface area contributed by atoms with Crippen molar-refractivity contribution in [3.8, 4) is 0 Å². The number of carboxylic acid groups (broad SMARTS) is 1. The third kappa shape index (κ3) is 3.87. The fourth-order valence-electron chi connectivity index (χ4n) is 3.05. The molecule has 0 amide bonds. The Labute approximate surface area is 136 Å². The van der Waals surface area contributed by atoms with Gasteiger partial charge in [-0.3, -0.25) is 4.90 Å². The van der Waals surface area contributed by atoms with Crippen LogP contribution in [0.25, 0.3) is 0 Å². The predicted octanol–water partition coefficient (Wildman–Crippen LogP) is 2.71. The highest BCUT2D eigenvalue weighted by Gasteiger charge is 2.29. The first-order valence-electron chi connectivity index (χ1n) is 7.85. The quantitative estimate of drug-likeness (QED) is 0.889. The lowest BCUT2D eigenvalue weighted by Crippen LogP contribution is -2.28. The molecular weight excluding hydrogens is 290 g/mol. The lowest BCUT2D eigenvalue weighted by atomic mass is 10.1. The van der Waals surface area contributed by atoms with E-state index in [4.69, 9.17) is 5.11 Å². The molecule has 1 saturated heterocycles. The average molecular weight is 311 g/mol. The maximum atomic E-state index is 11.0. The summed E-state index contributed by atoms with van der Waals surface area (Å²) < 4.78 is 0. The summed E-state index contributed by atoms with van der Waals surface area (Å²) >= 11 is 0. The molecule has 5 heteroatoms. The number of carboxylic acids is 1. The van der Waals surface area contributed by atoms with Crippen LogP contribution in [-0.2, 0) is 6.54 Å². The van der Waals surface area contributed by atoms with E-state index >= 15 is 0 Å². The lowest BCUT2D eigenvalue weighted by molar-refractivity contribution is 0.0690. The Balaban J connectivity index is 1.63. The van der Waals surface area contributed by atoms with E-state index in [-0.39, 0.29) is 11.7 Å². The molecule has 1 aromatic heterocycles. The first-order valence-corrected chi connectivity index (χ1v) is 7.85. The Morgan fingerprint density at radius 3 is 2.74 bits per heavy atom. The van der Waals surface area contributed by atoms with Crippen molar-refractivity contribution in [1.82, 2.24) is 9.88 Å². The summed E-state index contributed by atoms with van der Waals surface area (Å²) in [6.45, 7) is 5.09. The molecule has 2 aromatic rings. The number of hydrogen-bond acceptors (Lipinski definition) is 4. The molecule has 2 N–H and O–H groups in total. The number of nitrogens with one attached hydrogen (secondary N) is 1. The molecule has 0 aliphatic carbocycles. The molecule has 23 heavy (non-hydrogen) atoms. The van der Waals surface area contributed by atoms with Crippen molar-refractivity contribution >= 4 is 11.8 Å². The van der Waals surface area contributed by atoms with Crippen molar-refractivity contribution in [2.75, 3.05) is 18.4 Å². The van der Waals surface area contributed by atoms with E-state index in [0.29, 0.717) is 11.7 Å².